The SMILES string of the molecule is COc1ccc(OC)cc1.Cc1ccc(C(C)C)c(O)c1. The molecule has 0 aromatic heterocycles. The monoisotopic (exact) mass is 288 g/mol. The molecule has 2 aromatic carbocycles. The Morgan fingerprint density at radius 2 is 1.33 bits per heavy atom. The van der Waals surface area contributed by atoms with Gasteiger partial charge in [-0.05, 0) is 54.3 Å². The van der Waals surface area contributed by atoms with E-state index in [1.807, 2.05) is 43.3 Å². The van der Waals surface area contributed by atoms with Crippen LogP contribution in [0.3, 0.4) is 0 Å². The molecule has 21 heavy (non-hydrogen) atoms. The van der Waals surface area contributed by atoms with Crippen molar-refractivity contribution in [1.29, 1.82) is 0 Å². The Bertz CT molecular complexity index is 522. The number of methoxy groups -OCH3 is 2. The molecule has 0 atom stereocenters. The fraction of sp³-hybridized carbons (Fsp3) is 0.333. The van der Waals surface area contributed by atoms with E-state index in [2.05, 4.69) is 13.8 Å². The molecule has 1 N–H and O–H groups in total. The summed E-state index contributed by atoms with van der Waals surface area (Å²) in [6.07, 6.45) is 0. The number of aryl methyl sites for hydroxylation is 1. The second-order valence-corrected chi connectivity index (χ2v) is 5.10. The summed E-state index contributed by atoms with van der Waals surface area (Å²) in [6, 6.07) is 13.2. The van der Waals surface area contributed by atoms with Crippen LogP contribution < -0.4 is 9.47 Å². The summed E-state index contributed by atoms with van der Waals surface area (Å²) >= 11 is 0. The van der Waals surface area contributed by atoms with E-state index in [9.17, 15) is 5.11 Å². The van der Waals surface area contributed by atoms with Crippen LogP contribution in [-0.2, 0) is 0 Å². The Balaban J connectivity index is 0.000000211. The molecule has 0 aliphatic heterocycles. The van der Waals surface area contributed by atoms with E-state index in [1.165, 1.54) is 0 Å². The molecule has 0 spiro atoms. The molecule has 0 heterocycles. The minimum Gasteiger partial charge on any atom is -0.508 e. The molecule has 0 aliphatic rings. The van der Waals surface area contributed by atoms with Crippen LogP contribution in [-0.4, -0.2) is 19.3 Å². The van der Waals surface area contributed by atoms with Gasteiger partial charge in [-0.3, -0.25) is 0 Å². The van der Waals surface area contributed by atoms with E-state index in [0.29, 0.717) is 11.7 Å². The number of benzene rings is 2. The third-order valence-corrected chi connectivity index (χ3v) is 3.10. The summed E-state index contributed by atoms with van der Waals surface area (Å²) in [7, 11) is 3.28. The lowest BCUT2D eigenvalue weighted by molar-refractivity contribution is 0.403. The lowest BCUT2D eigenvalue weighted by Gasteiger charge is -2.07. The van der Waals surface area contributed by atoms with Crippen LogP contribution in [0.2, 0.25) is 0 Å². The zero-order valence-corrected chi connectivity index (χ0v) is 13.4. The van der Waals surface area contributed by atoms with Crippen LogP contribution in [0.4, 0.5) is 0 Å². The first-order valence-electron chi connectivity index (χ1n) is 6.95. The van der Waals surface area contributed by atoms with Gasteiger partial charge in [0.1, 0.15) is 17.2 Å². The normalized spacial score (nSPS) is 9.81. The molecule has 0 radical (unpaired) electrons. The Morgan fingerprint density at radius 1 is 0.857 bits per heavy atom. The Hall–Kier alpha value is -2.16. The van der Waals surface area contributed by atoms with Gasteiger partial charge in [0.05, 0.1) is 14.2 Å². The van der Waals surface area contributed by atoms with Gasteiger partial charge in [0, 0.05) is 0 Å². The number of phenols is 1. The second-order valence-electron chi connectivity index (χ2n) is 5.10. The summed E-state index contributed by atoms with van der Waals surface area (Å²) in [5, 5.41) is 9.46. The highest BCUT2D eigenvalue weighted by atomic mass is 16.5. The van der Waals surface area contributed by atoms with E-state index in [1.54, 1.807) is 20.3 Å². The van der Waals surface area contributed by atoms with Crippen LogP contribution in [0.5, 0.6) is 17.2 Å². The average Bonchev–Trinajstić information content (AvgIpc) is 2.47. The minimum absolute atomic E-state index is 0.399. The van der Waals surface area contributed by atoms with Crippen LogP contribution in [0.15, 0.2) is 42.5 Å². The topological polar surface area (TPSA) is 38.7 Å². The number of hydrogen-bond acceptors (Lipinski definition) is 3. The molecule has 3 nitrogen and oxygen atoms in total. The Labute approximate surface area is 127 Å². The first kappa shape index (κ1) is 16.9. The predicted octanol–water partition coefficient (Wildman–Crippen LogP) is 4.53. The lowest BCUT2D eigenvalue weighted by atomic mass is 10.0. The first-order valence-corrected chi connectivity index (χ1v) is 6.95. The van der Waals surface area contributed by atoms with Gasteiger partial charge < -0.3 is 14.6 Å². The quantitative estimate of drug-likeness (QED) is 0.902. The van der Waals surface area contributed by atoms with Gasteiger partial charge in [0.15, 0.2) is 0 Å². The molecule has 2 rings (SSSR count). The zero-order valence-electron chi connectivity index (χ0n) is 13.4. The van der Waals surface area contributed by atoms with Crippen LogP contribution in [0.25, 0.3) is 0 Å². The number of phenolic OH excluding ortho intramolecular Hbond substituents is 1. The van der Waals surface area contributed by atoms with Gasteiger partial charge in [-0.1, -0.05) is 26.0 Å². The summed E-state index contributed by atoms with van der Waals surface area (Å²) in [6.45, 7) is 6.12. The first-order chi connectivity index (χ1) is 9.97. The lowest BCUT2D eigenvalue weighted by Crippen LogP contribution is -1.87. The molecule has 0 aliphatic carbocycles. The van der Waals surface area contributed by atoms with Crippen molar-refractivity contribution in [3.05, 3.63) is 53.6 Å². The second kappa shape index (κ2) is 8.20. The highest BCUT2D eigenvalue weighted by Crippen LogP contribution is 2.25. The molecule has 0 amide bonds. The minimum atomic E-state index is 0.399. The molecular weight excluding hydrogens is 264 g/mol. The average molecular weight is 288 g/mol. The van der Waals surface area contributed by atoms with Crippen molar-refractivity contribution in [1.82, 2.24) is 0 Å². The van der Waals surface area contributed by atoms with Crippen LogP contribution >= 0.6 is 0 Å². The van der Waals surface area contributed by atoms with Crippen molar-refractivity contribution in [2.45, 2.75) is 26.7 Å². The fourth-order valence-corrected chi connectivity index (χ4v) is 1.85. The molecule has 0 fully saturated rings. The highest BCUT2D eigenvalue weighted by Gasteiger charge is 2.03. The Kier molecular flexibility index (Phi) is 6.60. The summed E-state index contributed by atoms with van der Waals surface area (Å²) in [4.78, 5) is 0. The predicted molar refractivity (Wildman–Crippen MR) is 86.5 cm³/mol. The Morgan fingerprint density at radius 3 is 1.67 bits per heavy atom. The van der Waals surface area contributed by atoms with Gasteiger partial charge in [-0.2, -0.15) is 0 Å². The smallest absolute Gasteiger partial charge is 0.119 e. The van der Waals surface area contributed by atoms with Gasteiger partial charge >= 0.3 is 0 Å². The molecule has 0 bridgehead atoms. The number of rotatable bonds is 3. The maximum absolute atomic E-state index is 9.46. The molecule has 3 heteroatoms. The van der Waals surface area contributed by atoms with Gasteiger partial charge in [0.2, 0.25) is 0 Å². The van der Waals surface area contributed by atoms with Crippen molar-refractivity contribution in [2.75, 3.05) is 14.2 Å². The van der Waals surface area contributed by atoms with Crippen molar-refractivity contribution >= 4 is 0 Å². The maximum Gasteiger partial charge on any atom is 0.119 e. The highest BCUT2D eigenvalue weighted by molar-refractivity contribution is 5.37. The van der Waals surface area contributed by atoms with Gasteiger partial charge in [-0.15, -0.1) is 0 Å². The number of aromatic hydroxyl groups is 1. The van der Waals surface area contributed by atoms with E-state index in [-0.39, 0.29) is 0 Å². The molecule has 0 saturated carbocycles. The fourth-order valence-electron chi connectivity index (χ4n) is 1.85. The van der Waals surface area contributed by atoms with Crippen molar-refractivity contribution < 1.29 is 14.6 Å². The number of hydrogen-bond donors (Lipinski definition) is 1. The van der Waals surface area contributed by atoms with E-state index < -0.39 is 0 Å². The van der Waals surface area contributed by atoms with E-state index in [0.717, 1.165) is 22.6 Å². The molecule has 0 unspecified atom stereocenters. The summed E-state index contributed by atoms with van der Waals surface area (Å²) < 4.78 is 9.92. The van der Waals surface area contributed by atoms with E-state index in [4.69, 9.17) is 9.47 Å². The van der Waals surface area contributed by atoms with Gasteiger partial charge in [0.25, 0.3) is 0 Å². The molecule has 0 saturated heterocycles. The van der Waals surface area contributed by atoms with Crippen molar-refractivity contribution in [3.63, 3.8) is 0 Å². The molecule has 114 valence electrons. The van der Waals surface area contributed by atoms with Crippen LogP contribution in [0.1, 0.15) is 30.9 Å². The summed E-state index contributed by atoms with van der Waals surface area (Å²) in [5.74, 6) is 2.51. The number of ether oxygens (including phenoxy) is 2. The zero-order chi connectivity index (χ0) is 15.8. The van der Waals surface area contributed by atoms with Crippen LogP contribution in [0, 0.1) is 6.92 Å². The molecule has 2 aromatic rings. The van der Waals surface area contributed by atoms with Crippen molar-refractivity contribution in [2.24, 2.45) is 0 Å². The maximum atomic E-state index is 9.46. The third-order valence-electron chi connectivity index (χ3n) is 3.10. The van der Waals surface area contributed by atoms with E-state index >= 15 is 0 Å². The third kappa shape index (κ3) is 5.38. The van der Waals surface area contributed by atoms with Gasteiger partial charge in [-0.25, -0.2) is 0 Å². The largest absolute Gasteiger partial charge is 0.508 e. The van der Waals surface area contributed by atoms with Crippen molar-refractivity contribution in [3.8, 4) is 17.2 Å². The summed E-state index contributed by atoms with van der Waals surface area (Å²) in [5.41, 5.74) is 2.13. The standard InChI is InChI=1S/C10H14O.C8H10O2/c1-7(2)9-5-4-8(3)6-10(9)11;1-9-7-3-5-8(10-2)6-4-7/h4-7,11H,1-3H3;3-6H,1-2H3. The molecular formula is C18H24O3.